The van der Waals surface area contributed by atoms with Gasteiger partial charge >= 0.3 is 0 Å². The molecular weight excluding hydrogens is 225 g/mol. The van der Waals surface area contributed by atoms with Gasteiger partial charge in [-0.05, 0) is 48.9 Å². The predicted molar refractivity (Wildman–Crippen MR) is 75.0 cm³/mol. The highest BCUT2D eigenvalue weighted by Gasteiger charge is 2.20. The molecule has 1 aromatic rings. The van der Waals surface area contributed by atoms with Crippen molar-refractivity contribution in [3.05, 3.63) is 40.7 Å². The number of aryl methyl sites for hydroxylation is 1. The van der Waals surface area contributed by atoms with Crippen LogP contribution in [0.2, 0.25) is 0 Å². The van der Waals surface area contributed by atoms with Crippen LogP contribution < -0.4 is 5.32 Å². The molecule has 18 heavy (non-hydrogen) atoms. The number of rotatable bonds is 5. The first kappa shape index (κ1) is 13.3. The van der Waals surface area contributed by atoms with E-state index in [4.69, 9.17) is 0 Å². The van der Waals surface area contributed by atoms with Crippen molar-refractivity contribution in [2.24, 2.45) is 5.92 Å². The molecule has 0 aromatic heterocycles. The molecule has 0 unspecified atom stereocenters. The van der Waals surface area contributed by atoms with Crippen LogP contribution in [-0.2, 0) is 0 Å². The zero-order valence-corrected chi connectivity index (χ0v) is 11.5. The molecule has 1 aromatic carbocycles. The molecule has 98 valence electrons. The summed E-state index contributed by atoms with van der Waals surface area (Å²) in [5.41, 5.74) is 3.51. The minimum absolute atomic E-state index is 0.160. The summed E-state index contributed by atoms with van der Waals surface area (Å²) in [6.45, 7) is 7.32. The van der Waals surface area contributed by atoms with Gasteiger partial charge in [-0.1, -0.05) is 31.6 Å². The van der Waals surface area contributed by atoms with E-state index in [-0.39, 0.29) is 5.82 Å². The van der Waals surface area contributed by atoms with E-state index in [1.807, 2.05) is 13.0 Å². The third-order valence-electron chi connectivity index (χ3n) is 3.49. The Bertz CT molecular complexity index is 444. The van der Waals surface area contributed by atoms with Crippen LogP contribution in [0.25, 0.3) is 6.08 Å². The van der Waals surface area contributed by atoms with Crippen molar-refractivity contribution in [2.75, 3.05) is 6.54 Å². The molecule has 1 saturated carbocycles. The van der Waals surface area contributed by atoms with Crippen LogP contribution >= 0.6 is 0 Å². The van der Waals surface area contributed by atoms with Gasteiger partial charge in [0.05, 0.1) is 0 Å². The first-order valence-corrected chi connectivity index (χ1v) is 6.76. The van der Waals surface area contributed by atoms with E-state index in [2.05, 4.69) is 25.2 Å². The molecule has 0 saturated heterocycles. The molecule has 0 aliphatic heterocycles. The van der Waals surface area contributed by atoms with Crippen molar-refractivity contribution in [2.45, 2.75) is 39.7 Å². The highest BCUT2D eigenvalue weighted by atomic mass is 19.1. The molecule has 1 aliphatic carbocycles. The fraction of sp³-hybridized carbons (Fsp3) is 0.500. The van der Waals surface area contributed by atoms with Crippen LogP contribution in [0, 0.1) is 18.7 Å². The fourth-order valence-electron chi connectivity index (χ4n) is 1.97. The topological polar surface area (TPSA) is 12.0 Å². The van der Waals surface area contributed by atoms with Gasteiger partial charge in [0, 0.05) is 12.6 Å². The van der Waals surface area contributed by atoms with Crippen molar-refractivity contribution < 1.29 is 4.39 Å². The van der Waals surface area contributed by atoms with Crippen molar-refractivity contribution in [1.82, 2.24) is 5.32 Å². The molecule has 1 aliphatic rings. The van der Waals surface area contributed by atoms with E-state index in [0.29, 0.717) is 5.92 Å². The van der Waals surface area contributed by atoms with Gasteiger partial charge < -0.3 is 5.32 Å². The van der Waals surface area contributed by atoms with Gasteiger partial charge in [-0.15, -0.1) is 0 Å². The Labute approximate surface area is 109 Å². The molecule has 1 N–H and O–H groups in total. The van der Waals surface area contributed by atoms with Crippen molar-refractivity contribution in [1.29, 1.82) is 0 Å². The molecule has 0 atom stereocenters. The Kier molecular flexibility index (Phi) is 4.18. The Morgan fingerprint density at radius 2 is 2.17 bits per heavy atom. The maximum atomic E-state index is 13.1. The third kappa shape index (κ3) is 3.67. The summed E-state index contributed by atoms with van der Waals surface area (Å²) in [7, 11) is 0. The standard InChI is InChI=1S/C16H22FN/c1-11(2)14(10-18-16-6-7-16)9-13-4-5-15(17)8-12(13)3/h4-5,8-9,11,16,18H,6-7,10H2,1-3H3. The molecule has 2 rings (SSSR count). The summed E-state index contributed by atoms with van der Waals surface area (Å²) in [6, 6.07) is 5.72. The molecular formula is C16H22FN. The fourth-order valence-corrected chi connectivity index (χ4v) is 1.97. The van der Waals surface area contributed by atoms with E-state index < -0.39 is 0 Å². The van der Waals surface area contributed by atoms with Crippen molar-refractivity contribution in [3.8, 4) is 0 Å². The number of nitrogens with one attached hydrogen (secondary N) is 1. The summed E-state index contributed by atoms with van der Waals surface area (Å²) < 4.78 is 13.1. The van der Waals surface area contributed by atoms with Crippen LogP contribution in [0.1, 0.15) is 37.8 Å². The van der Waals surface area contributed by atoms with Crippen LogP contribution in [0.15, 0.2) is 23.8 Å². The van der Waals surface area contributed by atoms with Gasteiger partial charge in [0.2, 0.25) is 0 Å². The molecule has 0 bridgehead atoms. The smallest absolute Gasteiger partial charge is 0.123 e. The highest BCUT2D eigenvalue weighted by Crippen LogP contribution is 2.22. The zero-order chi connectivity index (χ0) is 13.1. The molecule has 1 fully saturated rings. The normalized spacial score (nSPS) is 16.4. The Hall–Kier alpha value is -1.15. The first-order chi connectivity index (χ1) is 8.56. The Morgan fingerprint density at radius 3 is 2.72 bits per heavy atom. The van der Waals surface area contributed by atoms with Crippen molar-refractivity contribution in [3.63, 3.8) is 0 Å². The van der Waals surface area contributed by atoms with Crippen LogP contribution in [0.3, 0.4) is 0 Å². The summed E-state index contributed by atoms with van der Waals surface area (Å²) >= 11 is 0. The van der Waals surface area contributed by atoms with Gasteiger partial charge in [0.15, 0.2) is 0 Å². The monoisotopic (exact) mass is 247 g/mol. The second-order valence-corrected chi connectivity index (χ2v) is 5.53. The molecule has 0 radical (unpaired) electrons. The average Bonchev–Trinajstić information content (AvgIpc) is 3.10. The second-order valence-electron chi connectivity index (χ2n) is 5.53. The lowest BCUT2D eigenvalue weighted by Crippen LogP contribution is -2.21. The minimum Gasteiger partial charge on any atom is -0.310 e. The third-order valence-corrected chi connectivity index (χ3v) is 3.49. The quantitative estimate of drug-likeness (QED) is 0.831. The maximum Gasteiger partial charge on any atom is 0.123 e. The lowest BCUT2D eigenvalue weighted by molar-refractivity contribution is 0.626. The summed E-state index contributed by atoms with van der Waals surface area (Å²) in [6.07, 6.45) is 4.82. The highest BCUT2D eigenvalue weighted by molar-refractivity contribution is 5.57. The molecule has 0 amide bonds. The van der Waals surface area contributed by atoms with Crippen molar-refractivity contribution >= 4 is 6.08 Å². The number of benzene rings is 1. The van der Waals surface area contributed by atoms with Gasteiger partial charge in [0.25, 0.3) is 0 Å². The lowest BCUT2D eigenvalue weighted by atomic mass is 9.98. The molecule has 0 spiro atoms. The number of hydrogen-bond donors (Lipinski definition) is 1. The van der Waals surface area contributed by atoms with Crippen LogP contribution in [0.4, 0.5) is 4.39 Å². The predicted octanol–water partition coefficient (Wildman–Crippen LogP) is 3.93. The second kappa shape index (κ2) is 5.66. The number of halogens is 1. The van der Waals surface area contributed by atoms with Gasteiger partial charge in [-0.25, -0.2) is 4.39 Å². The van der Waals surface area contributed by atoms with E-state index in [1.165, 1.54) is 24.5 Å². The van der Waals surface area contributed by atoms with E-state index in [1.54, 1.807) is 6.07 Å². The van der Waals surface area contributed by atoms with Gasteiger partial charge in [-0.2, -0.15) is 0 Å². The Morgan fingerprint density at radius 1 is 1.44 bits per heavy atom. The zero-order valence-electron chi connectivity index (χ0n) is 11.5. The molecule has 0 heterocycles. The largest absolute Gasteiger partial charge is 0.310 e. The maximum absolute atomic E-state index is 13.1. The van der Waals surface area contributed by atoms with Crippen LogP contribution in [0.5, 0.6) is 0 Å². The Balaban J connectivity index is 2.14. The summed E-state index contributed by atoms with van der Waals surface area (Å²) in [5, 5.41) is 3.55. The van der Waals surface area contributed by atoms with E-state index >= 15 is 0 Å². The average molecular weight is 247 g/mol. The summed E-state index contributed by atoms with van der Waals surface area (Å²) in [4.78, 5) is 0. The van der Waals surface area contributed by atoms with Crippen LogP contribution in [-0.4, -0.2) is 12.6 Å². The van der Waals surface area contributed by atoms with E-state index in [0.717, 1.165) is 23.7 Å². The SMILES string of the molecule is Cc1cc(F)ccc1C=C(CNC1CC1)C(C)C. The number of hydrogen-bond acceptors (Lipinski definition) is 1. The first-order valence-electron chi connectivity index (χ1n) is 6.76. The minimum atomic E-state index is -0.160. The lowest BCUT2D eigenvalue weighted by Gasteiger charge is -2.13. The van der Waals surface area contributed by atoms with Gasteiger partial charge in [0.1, 0.15) is 5.82 Å². The van der Waals surface area contributed by atoms with Gasteiger partial charge in [-0.3, -0.25) is 0 Å². The molecule has 1 nitrogen and oxygen atoms in total. The van der Waals surface area contributed by atoms with E-state index in [9.17, 15) is 4.39 Å². The summed E-state index contributed by atoms with van der Waals surface area (Å²) in [5.74, 6) is 0.354. The molecule has 2 heteroatoms.